The van der Waals surface area contributed by atoms with Crippen LogP contribution in [0.25, 0.3) is 0 Å². The molecule has 0 bridgehead atoms. The molecular formula is C11H16N. The van der Waals surface area contributed by atoms with Crippen molar-refractivity contribution in [1.82, 2.24) is 0 Å². The zero-order chi connectivity index (χ0) is 8.97. The van der Waals surface area contributed by atoms with Crippen molar-refractivity contribution >= 4 is 0 Å². The summed E-state index contributed by atoms with van der Waals surface area (Å²) in [4.78, 5) is 0. The maximum Gasteiger partial charge on any atom is 0.0180 e. The van der Waals surface area contributed by atoms with Gasteiger partial charge in [-0.2, -0.15) is 0 Å². The average molecular weight is 162 g/mol. The van der Waals surface area contributed by atoms with Crippen LogP contribution in [0.4, 0.5) is 0 Å². The fraction of sp³-hybridized carbons (Fsp3) is 0.455. The van der Waals surface area contributed by atoms with Crippen LogP contribution in [-0.2, 0) is 19.4 Å². The molecule has 65 valence electrons. The van der Waals surface area contributed by atoms with E-state index < -0.39 is 0 Å². The zero-order valence-corrected chi connectivity index (χ0v) is 7.85. The van der Waals surface area contributed by atoms with Crippen LogP contribution >= 0.6 is 0 Å². The summed E-state index contributed by atoms with van der Waals surface area (Å²) in [5, 5.41) is 0. The first-order chi connectivity index (χ1) is 5.81. The van der Waals surface area contributed by atoms with Crippen molar-refractivity contribution < 1.29 is 0 Å². The Labute approximate surface area is 74.6 Å². The summed E-state index contributed by atoms with van der Waals surface area (Å²) < 4.78 is 0. The normalized spacial score (nSPS) is 10.2. The van der Waals surface area contributed by atoms with Gasteiger partial charge in [-0.3, -0.25) is 0 Å². The Kier molecular flexibility index (Phi) is 3.30. The highest BCUT2D eigenvalue weighted by Crippen LogP contribution is 2.12. The van der Waals surface area contributed by atoms with Crippen LogP contribution in [-0.4, -0.2) is 0 Å². The lowest BCUT2D eigenvalue weighted by molar-refractivity contribution is 0.986. The molecule has 0 unspecified atom stereocenters. The summed E-state index contributed by atoms with van der Waals surface area (Å²) in [5.41, 5.74) is 9.49. The maximum absolute atomic E-state index is 5.64. The van der Waals surface area contributed by atoms with Crippen molar-refractivity contribution in [3.63, 3.8) is 0 Å². The minimum Gasteiger partial charge on any atom is -0.326 e. The van der Waals surface area contributed by atoms with E-state index in [1.54, 1.807) is 0 Å². The maximum atomic E-state index is 5.64. The van der Waals surface area contributed by atoms with E-state index in [0.717, 1.165) is 12.8 Å². The summed E-state index contributed by atoms with van der Waals surface area (Å²) in [6.45, 7) is 4.93. The lowest BCUT2D eigenvalue weighted by Gasteiger charge is -2.06. The molecule has 1 aromatic carbocycles. The molecule has 1 aromatic rings. The quantitative estimate of drug-likeness (QED) is 0.723. The number of benzene rings is 1. The monoisotopic (exact) mass is 162 g/mol. The Bertz CT molecular complexity index is 253. The molecule has 2 N–H and O–H groups in total. The topological polar surface area (TPSA) is 26.0 Å². The molecule has 1 heteroatoms. The fourth-order valence-electron chi connectivity index (χ4n) is 1.34. The highest BCUT2D eigenvalue weighted by Gasteiger charge is 1.99. The van der Waals surface area contributed by atoms with Crippen LogP contribution in [0.3, 0.4) is 0 Å². The minimum absolute atomic E-state index is 0.644. The third-order valence-electron chi connectivity index (χ3n) is 2.17. The van der Waals surface area contributed by atoms with Gasteiger partial charge in [-0.05, 0) is 35.6 Å². The Hall–Kier alpha value is -0.820. The van der Waals surface area contributed by atoms with Gasteiger partial charge >= 0.3 is 0 Å². The number of hydrogen-bond donors (Lipinski definition) is 1. The van der Waals surface area contributed by atoms with E-state index in [2.05, 4.69) is 32.0 Å². The first-order valence-corrected chi connectivity index (χ1v) is 4.54. The Morgan fingerprint density at radius 3 is 2.50 bits per heavy atom. The van der Waals surface area contributed by atoms with Gasteiger partial charge in [-0.1, -0.05) is 26.0 Å². The van der Waals surface area contributed by atoms with Crippen LogP contribution in [0, 0.1) is 6.07 Å². The predicted octanol–water partition coefficient (Wildman–Crippen LogP) is 2.07. The van der Waals surface area contributed by atoms with Crippen LogP contribution in [0.5, 0.6) is 0 Å². The van der Waals surface area contributed by atoms with Gasteiger partial charge < -0.3 is 5.73 Å². The molecule has 1 rings (SSSR count). The number of rotatable bonds is 3. The lowest BCUT2D eigenvalue weighted by atomic mass is 10.0. The van der Waals surface area contributed by atoms with Crippen LogP contribution in [0.15, 0.2) is 12.1 Å². The van der Waals surface area contributed by atoms with Crippen molar-refractivity contribution in [2.75, 3.05) is 0 Å². The van der Waals surface area contributed by atoms with E-state index in [-0.39, 0.29) is 0 Å². The summed E-state index contributed by atoms with van der Waals surface area (Å²) in [6.07, 6.45) is 2.09. The number of hydrogen-bond acceptors (Lipinski definition) is 1. The van der Waals surface area contributed by atoms with E-state index in [4.69, 9.17) is 5.73 Å². The van der Waals surface area contributed by atoms with E-state index in [1.807, 2.05) is 0 Å². The van der Waals surface area contributed by atoms with Gasteiger partial charge in [0.2, 0.25) is 0 Å². The standard InChI is InChI=1S/C11H16N/c1-3-9-5-6-10(4-2)11(7-9)8-12/h6-7H,3-4,8,12H2,1-2H3. The molecule has 0 saturated carbocycles. The van der Waals surface area contributed by atoms with Gasteiger partial charge in [0.05, 0.1) is 0 Å². The van der Waals surface area contributed by atoms with Crippen LogP contribution < -0.4 is 5.73 Å². The fourth-order valence-corrected chi connectivity index (χ4v) is 1.34. The lowest BCUT2D eigenvalue weighted by Crippen LogP contribution is -2.01. The predicted molar refractivity (Wildman–Crippen MR) is 51.9 cm³/mol. The first-order valence-electron chi connectivity index (χ1n) is 4.54. The Morgan fingerprint density at radius 2 is 2.00 bits per heavy atom. The third-order valence-corrected chi connectivity index (χ3v) is 2.17. The molecule has 0 spiro atoms. The molecule has 0 saturated heterocycles. The van der Waals surface area contributed by atoms with Crippen molar-refractivity contribution in [2.24, 2.45) is 5.73 Å². The summed E-state index contributed by atoms with van der Waals surface area (Å²) in [7, 11) is 0. The van der Waals surface area contributed by atoms with Gasteiger partial charge in [-0.25, -0.2) is 0 Å². The van der Waals surface area contributed by atoms with Gasteiger partial charge in [0, 0.05) is 6.54 Å². The number of aryl methyl sites for hydroxylation is 2. The molecule has 0 amide bonds. The van der Waals surface area contributed by atoms with Gasteiger partial charge in [0.15, 0.2) is 0 Å². The molecule has 0 aliphatic rings. The molecular weight excluding hydrogens is 146 g/mol. The van der Waals surface area contributed by atoms with E-state index in [9.17, 15) is 0 Å². The average Bonchev–Trinajstić information content (AvgIpc) is 2.16. The number of nitrogens with two attached hydrogens (primary N) is 1. The zero-order valence-electron chi connectivity index (χ0n) is 7.85. The molecule has 0 fully saturated rings. The smallest absolute Gasteiger partial charge is 0.0180 e. The molecule has 1 radical (unpaired) electrons. The molecule has 0 aliphatic carbocycles. The van der Waals surface area contributed by atoms with Crippen molar-refractivity contribution in [2.45, 2.75) is 33.2 Å². The van der Waals surface area contributed by atoms with E-state index in [1.165, 1.54) is 16.7 Å². The summed E-state index contributed by atoms with van der Waals surface area (Å²) in [5.74, 6) is 0. The molecule has 1 nitrogen and oxygen atoms in total. The molecule has 0 heterocycles. The molecule has 12 heavy (non-hydrogen) atoms. The second-order valence-electron chi connectivity index (χ2n) is 2.92. The highest BCUT2D eigenvalue weighted by molar-refractivity contribution is 5.31. The van der Waals surface area contributed by atoms with Crippen molar-refractivity contribution in [1.29, 1.82) is 0 Å². The molecule has 0 aliphatic heterocycles. The minimum atomic E-state index is 0.644. The Morgan fingerprint density at radius 1 is 1.25 bits per heavy atom. The summed E-state index contributed by atoms with van der Waals surface area (Å²) >= 11 is 0. The van der Waals surface area contributed by atoms with Crippen molar-refractivity contribution in [3.05, 3.63) is 34.9 Å². The molecule has 0 atom stereocenters. The largest absolute Gasteiger partial charge is 0.326 e. The first kappa shape index (κ1) is 9.27. The van der Waals surface area contributed by atoms with Gasteiger partial charge in [-0.15, -0.1) is 0 Å². The SMILES string of the molecule is CCc1[c]cc(CC)c(CN)c1. The highest BCUT2D eigenvalue weighted by atomic mass is 14.5. The third kappa shape index (κ3) is 1.86. The van der Waals surface area contributed by atoms with Gasteiger partial charge in [0.25, 0.3) is 0 Å². The van der Waals surface area contributed by atoms with Crippen LogP contribution in [0.2, 0.25) is 0 Å². The van der Waals surface area contributed by atoms with E-state index in [0.29, 0.717) is 6.54 Å². The van der Waals surface area contributed by atoms with E-state index >= 15 is 0 Å². The second-order valence-corrected chi connectivity index (χ2v) is 2.92. The summed E-state index contributed by atoms with van der Waals surface area (Å²) in [6, 6.07) is 7.49. The van der Waals surface area contributed by atoms with Gasteiger partial charge in [0.1, 0.15) is 0 Å². The Balaban J connectivity index is 3.02. The van der Waals surface area contributed by atoms with Crippen molar-refractivity contribution in [3.8, 4) is 0 Å². The molecule has 0 aromatic heterocycles. The second kappa shape index (κ2) is 4.27. The van der Waals surface area contributed by atoms with Crippen LogP contribution in [0.1, 0.15) is 30.5 Å².